The summed E-state index contributed by atoms with van der Waals surface area (Å²) in [5.41, 5.74) is -0.791. The first-order valence-corrected chi connectivity index (χ1v) is 5.85. The first kappa shape index (κ1) is 11.4. The molecule has 2 rings (SSSR count). The minimum Gasteiger partial charge on any atom is -0.452 e. The predicted molar refractivity (Wildman–Crippen MR) is 56.4 cm³/mol. The van der Waals surface area contributed by atoms with Crippen molar-refractivity contribution >= 4 is 5.97 Å². The van der Waals surface area contributed by atoms with Gasteiger partial charge < -0.3 is 4.74 Å². The molecule has 0 bridgehead atoms. The Labute approximate surface area is 94.3 Å². The molecule has 5 nitrogen and oxygen atoms in total. The maximum Gasteiger partial charge on any atom is 0.303 e. The summed E-state index contributed by atoms with van der Waals surface area (Å²) in [5, 5.41) is 10.7. The molecule has 0 saturated heterocycles. The van der Waals surface area contributed by atoms with E-state index in [2.05, 4.69) is 0 Å². The standard InChI is InChI=1S/C11H17NO4/c1-8(13)16-11(7-12(14)15)6-9-4-2-3-5-10(9)11/h9-10H,2-7H2,1H3. The lowest BCUT2D eigenvalue weighted by atomic mass is 9.55. The normalized spacial score (nSPS) is 37.1. The Kier molecular flexibility index (Phi) is 2.86. The monoisotopic (exact) mass is 227 g/mol. The van der Waals surface area contributed by atoms with Crippen molar-refractivity contribution in [3.8, 4) is 0 Å². The summed E-state index contributed by atoms with van der Waals surface area (Å²) in [4.78, 5) is 21.4. The number of hydrogen-bond donors (Lipinski definition) is 0. The molecule has 0 aliphatic heterocycles. The van der Waals surface area contributed by atoms with Crippen molar-refractivity contribution in [1.82, 2.24) is 0 Å². The van der Waals surface area contributed by atoms with Crippen LogP contribution in [0.1, 0.15) is 39.0 Å². The topological polar surface area (TPSA) is 69.4 Å². The molecule has 2 aliphatic carbocycles. The quantitative estimate of drug-likeness (QED) is 0.418. The summed E-state index contributed by atoms with van der Waals surface area (Å²) >= 11 is 0. The van der Waals surface area contributed by atoms with Crippen LogP contribution in [0.25, 0.3) is 0 Å². The van der Waals surface area contributed by atoms with E-state index in [0.717, 1.165) is 19.3 Å². The number of nitro groups is 1. The summed E-state index contributed by atoms with van der Waals surface area (Å²) in [7, 11) is 0. The third kappa shape index (κ3) is 1.90. The van der Waals surface area contributed by atoms with Gasteiger partial charge in [-0.05, 0) is 25.2 Å². The third-order valence-electron chi connectivity index (χ3n) is 3.94. The summed E-state index contributed by atoms with van der Waals surface area (Å²) in [5.74, 6) is 0.356. The lowest BCUT2D eigenvalue weighted by molar-refractivity contribution is -0.511. The van der Waals surface area contributed by atoms with Crippen molar-refractivity contribution in [3.63, 3.8) is 0 Å². The Hall–Kier alpha value is -1.13. The van der Waals surface area contributed by atoms with Gasteiger partial charge in [0.1, 0.15) is 0 Å². The molecule has 2 fully saturated rings. The van der Waals surface area contributed by atoms with Crippen molar-refractivity contribution < 1.29 is 14.5 Å². The number of rotatable bonds is 3. The third-order valence-corrected chi connectivity index (χ3v) is 3.94. The van der Waals surface area contributed by atoms with Crippen LogP contribution in [0.5, 0.6) is 0 Å². The molecule has 90 valence electrons. The second-order valence-corrected chi connectivity index (χ2v) is 5.00. The van der Waals surface area contributed by atoms with Crippen LogP contribution in [0.2, 0.25) is 0 Å². The number of ether oxygens (including phenoxy) is 1. The fourth-order valence-corrected chi connectivity index (χ4v) is 3.42. The van der Waals surface area contributed by atoms with E-state index >= 15 is 0 Å². The molecule has 16 heavy (non-hydrogen) atoms. The van der Waals surface area contributed by atoms with Gasteiger partial charge in [-0.1, -0.05) is 12.8 Å². The van der Waals surface area contributed by atoms with Crippen LogP contribution < -0.4 is 0 Å². The molecule has 0 heterocycles. The van der Waals surface area contributed by atoms with E-state index < -0.39 is 11.6 Å². The smallest absolute Gasteiger partial charge is 0.303 e. The molecule has 5 heteroatoms. The van der Waals surface area contributed by atoms with E-state index in [0.29, 0.717) is 12.3 Å². The molecule has 0 radical (unpaired) electrons. The Morgan fingerprint density at radius 3 is 2.75 bits per heavy atom. The molecule has 0 N–H and O–H groups in total. The molecule has 3 atom stereocenters. The Bertz CT molecular complexity index is 299. The first-order chi connectivity index (χ1) is 7.53. The van der Waals surface area contributed by atoms with Crippen LogP contribution in [0.15, 0.2) is 0 Å². The second-order valence-electron chi connectivity index (χ2n) is 5.00. The molecule has 0 spiro atoms. The van der Waals surface area contributed by atoms with Crippen LogP contribution in [0.4, 0.5) is 0 Å². The van der Waals surface area contributed by atoms with Gasteiger partial charge in [-0.3, -0.25) is 14.9 Å². The van der Waals surface area contributed by atoms with Gasteiger partial charge in [-0.15, -0.1) is 0 Å². The van der Waals surface area contributed by atoms with Gasteiger partial charge in [0.25, 0.3) is 0 Å². The number of esters is 1. The number of carbonyl (C=O) groups is 1. The fourth-order valence-electron chi connectivity index (χ4n) is 3.42. The minimum absolute atomic E-state index is 0.218. The SMILES string of the molecule is CC(=O)OC1(C[N+](=O)[O-])CC2CCCCC21. The van der Waals surface area contributed by atoms with Gasteiger partial charge in [0.2, 0.25) is 6.54 Å². The molecular formula is C11H17NO4. The van der Waals surface area contributed by atoms with Crippen molar-refractivity contribution in [3.05, 3.63) is 10.1 Å². The Morgan fingerprint density at radius 2 is 2.19 bits per heavy atom. The van der Waals surface area contributed by atoms with Crippen molar-refractivity contribution in [2.75, 3.05) is 6.54 Å². The van der Waals surface area contributed by atoms with Gasteiger partial charge in [0, 0.05) is 17.8 Å². The lowest BCUT2D eigenvalue weighted by Crippen LogP contribution is -2.61. The first-order valence-electron chi connectivity index (χ1n) is 5.85. The number of nitrogens with zero attached hydrogens (tertiary/aromatic N) is 1. The molecule has 0 aromatic rings. The summed E-state index contributed by atoms with van der Waals surface area (Å²) < 4.78 is 5.27. The number of carbonyl (C=O) groups excluding carboxylic acids is 1. The highest BCUT2D eigenvalue weighted by Crippen LogP contribution is 2.54. The largest absolute Gasteiger partial charge is 0.452 e. The molecule has 0 aromatic heterocycles. The summed E-state index contributed by atoms with van der Waals surface area (Å²) in [6, 6.07) is 0. The van der Waals surface area contributed by atoms with Gasteiger partial charge >= 0.3 is 5.97 Å². The summed E-state index contributed by atoms with van der Waals surface area (Å²) in [6.07, 6.45) is 5.08. The second kappa shape index (κ2) is 4.03. The van der Waals surface area contributed by atoms with E-state index in [-0.39, 0.29) is 17.4 Å². The molecule has 0 amide bonds. The Morgan fingerprint density at radius 1 is 1.50 bits per heavy atom. The molecular weight excluding hydrogens is 210 g/mol. The van der Waals surface area contributed by atoms with E-state index in [9.17, 15) is 14.9 Å². The van der Waals surface area contributed by atoms with Crippen LogP contribution in [-0.2, 0) is 9.53 Å². The van der Waals surface area contributed by atoms with Gasteiger partial charge in [0.15, 0.2) is 5.60 Å². The summed E-state index contributed by atoms with van der Waals surface area (Å²) in [6.45, 7) is 1.10. The van der Waals surface area contributed by atoms with Crippen LogP contribution in [0, 0.1) is 22.0 Å². The minimum atomic E-state index is -0.791. The van der Waals surface area contributed by atoms with Gasteiger partial charge in [-0.2, -0.15) is 0 Å². The van der Waals surface area contributed by atoms with E-state index in [1.165, 1.54) is 13.3 Å². The van der Waals surface area contributed by atoms with E-state index in [1.54, 1.807) is 0 Å². The zero-order chi connectivity index (χ0) is 11.8. The van der Waals surface area contributed by atoms with Crippen molar-refractivity contribution in [2.24, 2.45) is 11.8 Å². The van der Waals surface area contributed by atoms with Crippen LogP contribution in [-0.4, -0.2) is 23.0 Å². The van der Waals surface area contributed by atoms with Crippen LogP contribution in [0.3, 0.4) is 0 Å². The zero-order valence-electron chi connectivity index (χ0n) is 9.48. The maximum absolute atomic E-state index is 11.1. The van der Waals surface area contributed by atoms with Crippen molar-refractivity contribution in [1.29, 1.82) is 0 Å². The molecule has 2 saturated carbocycles. The lowest BCUT2D eigenvalue weighted by Gasteiger charge is -2.53. The van der Waals surface area contributed by atoms with Gasteiger partial charge in [0.05, 0.1) is 0 Å². The van der Waals surface area contributed by atoms with E-state index in [4.69, 9.17) is 4.74 Å². The molecule has 0 aromatic carbocycles. The molecule has 3 unspecified atom stereocenters. The number of fused-ring (bicyclic) bond motifs is 1. The van der Waals surface area contributed by atoms with Crippen LogP contribution >= 0.6 is 0 Å². The molecule has 2 aliphatic rings. The maximum atomic E-state index is 11.1. The highest BCUT2D eigenvalue weighted by molar-refractivity contribution is 5.66. The average Bonchev–Trinajstić information content (AvgIpc) is 2.14. The average molecular weight is 227 g/mol. The van der Waals surface area contributed by atoms with Crippen molar-refractivity contribution in [2.45, 2.75) is 44.6 Å². The zero-order valence-corrected chi connectivity index (χ0v) is 9.48. The highest BCUT2D eigenvalue weighted by Gasteiger charge is 2.59. The Balaban J connectivity index is 2.10. The van der Waals surface area contributed by atoms with E-state index in [1.807, 2.05) is 0 Å². The highest BCUT2D eigenvalue weighted by atomic mass is 16.6. The number of hydrogen-bond acceptors (Lipinski definition) is 4. The van der Waals surface area contributed by atoms with Gasteiger partial charge in [-0.25, -0.2) is 0 Å². The predicted octanol–water partition coefficient (Wildman–Crippen LogP) is 1.78. The fraction of sp³-hybridized carbons (Fsp3) is 0.909.